The Kier molecular flexibility index (Phi) is 78.8. The number of aliphatic hydroxyl groups is 1. The third kappa shape index (κ3) is 82.1. The van der Waals surface area contributed by atoms with Crippen LogP contribution >= 0.6 is 15.6 Å². The van der Waals surface area contributed by atoms with Gasteiger partial charge in [0.2, 0.25) is 0 Å². The van der Waals surface area contributed by atoms with Gasteiger partial charge in [-0.25, -0.2) is 9.13 Å². The first-order valence-electron chi connectivity index (χ1n) is 46.0. The van der Waals surface area contributed by atoms with E-state index >= 15 is 0 Å². The van der Waals surface area contributed by atoms with Crippen LogP contribution in [0.15, 0.2) is 0 Å². The number of phosphoric ester groups is 2. The number of aliphatic hydroxyl groups excluding tert-OH is 1. The fourth-order valence-electron chi connectivity index (χ4n) is 14.0. The van der Waals surface area contributed by atoms with E-state index in [1.165, 1.54) is 295 Å². The molecule has 5 atom stereocenters. The van der Waals surface area contributed by atoms with Crippen molar-refractivity contribution in [3.05, 3.63) is 0 Å². The minimum atomic E-state index is -4.97. The molecule has 19 heteroatoms. The van der Waals surface area contributed by atoms with Gasteiger partial charge in [0.1, 0.15) is 19.3 Å². The number of hydrogen-bond acceptors (Lipinski definition) is 15. The summed E-state index contributed by atoms with van der Waals surface area (Å²) >= 11 is 0. The van der Waals surface area contributed by atoms with Crippen LogP contribution in [0.4, 0.5) is 0 Å². The van der Waals surface area contributed by atoms with Gasteiger partial charge in [0, 0.05) is 25.7 Å². The molecule has 17 nitrogen and oxygen atoms in total. The van der Waals surface area contributed by atoms with Crippen LogP contribution in [0.3, 0.4) is 0 Å². The molecule has 2 unspecified atom stereocenters. The maximum atomic E-state index is 13.2. The van der Waals surface area contributed by atoms with Crippen molar-refractivity contribution in [3.8, 4) is 0 Å². The van der Waals surface area contributed by atoms with Gasteiger partial charge in [-0.2, -0.15) is 0 Å². The minimum Gasteiger partial charge on any atom is -0.462 e. The van der Waals surface area contributed by atoms with Crippen molar-refractivity contribution in [1.29, 1.82) is 0 Å². The first kappa shape index (κ1) is 106. The Balaban J connectivity index is 5.23. The van der Waals surface area contributed by atoms with Crippen LogP contribution < -0.4 is 0 Å². The zero-order valence-corrected chi connectivity index (χ0v) is 73.0. The molecular weight excluding hydrogens is 1400 g/mol. The van der Waals surface area contributed by atoms with Crippen LogP contribution in [-0.4, -0.2) is 96.7 Å². The Morgan fingerprint density at radius 3 is 0.630 bits per heavy atom. The number of rotatable bonds is 88. The summed E-state index contributed by atoms with van der Waals surface area (Å²) in [6.07, 6.45) is 73.8. The van der Waals surface area contributed by atoms with Crippen LogP contribution in [0.25, 0.3) is 0 Å². The molecule has 108 heavy (non-hydrogen) atoms. The van der Waals surface area contributed by atoms with Crippen molar-refractivity contribution in [2.75, 3.05) is 39.6 Å². The zero-order valence-electron chi connectivity index (χ0n) is 71.2. The fourth-order valence-corrected chi connectivity index (χ4v) is 15.5. The van der Waals surface area contributed by atoms with Crippen LogP contribution in [0, 0.1) is 11.8 Å². The second-order valence-corrected chi connectivity index (χ2v) is 35.8. The summed E-state index contributed by atoms with van der Waals surface area (Å²) in [5, 5.41) is 10.7. The summed E-state index contributed by atoms with van der Waals surface area (Å²) < 4.78 is 69.0. The SMILES string of the molecule is CCCCCCCCCCCCCCCCCCCCCCCC(=O)O[C@H](COC(=O)CCCCCCCCCCCCCCCCCCCCCC)COP(=O)(O)OC[C@@H](O)COP(=O)(O)OC[C@@H](COC(=O)CCCCCCCCCCC(C)C)OC(=O)CCCCCCCCCCCCCCCC(C)C. The molecule has 0 saturated heterocycles. The molecular formula is C89H174O17P2. The van der Waals surface area contributed by atoms with E-state index in [0.29, 0.717) is 25.7 Å². The molecule has 0 fully saturated rings. The second-order valence-electron chi connectivity index (χ2n) is 32.9. The van der Waals surface area contributed by atoms with E-state index in [4.69, 9.17) is 37.0 Å². The highest BCUT2D eigenvalue weighted by Gasteiger charge is 2.31. The lowest BCUT2D eigenvalue weighted by Crippen LogP contribution is -2.30. The lowest BCUT2D eigenvalue weighted by molar-refractivity contribution is -0.161. The van der Waals surface area contributed by atoms with Gasteiger partial charge < -0.3 is 33.8 Å². The molecule has 0 aromatic rings. The van der Waals surface area contributed by atoms with Gasteiger partial charge in [0.05, 0.1) is 26.4 Å². The summed E-state index contributed by atoms with van der Waals surface area (Å²) in [4.78, 5) is 73.3. The monoisotopic (exact) mass is 1580 g/mol. The normalized spacial score (nSPS) is 13.8. The van der Waals surface area contributed by atoms with Crippen molar-refractivity contribution in [2.24, 2.45) is 11.8 Å². The van der Waals surface area contributed by atoms with Crippen LogP contribution in [-0.2, 0) is 65.4 Å². The number of ether oxygens (including phenoxy) is 4. The molecule has 0 aliphatic heterocycles. The standard InChI is InChI=1S/C89H174O17P2/c1-7-9-11-13-15-17-19-21-23-25-27-29-31-33-35-39-43-47-55-61-67-73-88(93)105-84(77-99-86(91)71-65-59-53-46-42-38-34-32-30-28-26-24-22-20-18-16-14-12-10-8-2)79-103-107(95,96)101-75-83(90)76-102-108(97,98)104-80-85(78-100-87(92)72-66-60-54-50-49-52-58-64-70-82(5)6)106-89(94)74-68-62-56-48-44-40-36-37-41-45-51-57-63-69-81(3)4/h81-85,90H,7-80H2,1-6H3,(H,95,96)(H,97,98)/t83-,84-,85-/m1/s1. The van der Waals surface area contributed by atoms with E-state index in [0.717, 1.165) is 102 Å². The Labute approximate surface area is 664 Å². The van der Waals surface area contributed by atoms with Crippen molar-refractivity contribution in [2.45, 2.75) is 496 Å². The smallest absolute Gasteiger partial charge is 0.462 e. The van der Waals surface area contributed by atoms with Crippen molar-refractivity contribution in [3.63, 3.8) is 0 Å². The van der Waals surface area contributed by atoms with E-state index in [1.54, 1.807) is 0 Å². The lowest BCUT2D eigenvalue weighted by Gasteiger charge is -2.21. The van der Waals surface area contributed by atoms with Crippen molar-refractivity contribution >= 4 is 39.5 Å². The van der Waals surface area contributed by atoms with Gasteiger partial charge in [-0.1, -0.05) is 427 Å². The number of hydrogen-bond donors (Lipinski definition) is 3. The van der Waals surface area contributed by atoms with E-state index in [9.17, 15) is 43.2 Å². The maximum Gasteiger partial charge on any atom is 0.472 e. The van der Waals surface area contributed by atoms with Gasteiger partial charge in [-0.15, -0.1) is 0 Å². The fraction of sp³-hybridized carbons (Fsp3) is 0.955. The van der Waals surface area contributed by atoms with E-state index < -0.39 is 97.5 Å². The lowest BCUT2D eigenvalue weighted by atomic mass is 10.0. The Bertz CT molecular complexity index is 2060. The maximum absolute atomic E-state index is 13.2. The van der Waals surface area contributed by atoms with E-state index in [2.05, 4.69) is 41.5 Å². The average Bonchev–Trinajstić information content (AvgIpc) is 0.902. The number of carbonyl (C=O) groups excluding carboxylic acids is 4. The third-order valence-corrected chi connectivity index (χ3v) is 22.9. The highest BCUT2D eigenvalue weighted by molar-refractivity contribution is 7.47. The predicted molar refractivity (Wildman–Crippen MR) is 446 cm³/mol. The molecule has 3 N–H and O–H groups in total. The number of unbranched alkanes of at least 4 members (excludes halogenated alkanes) is 58. The van der Waals surface area contributed by atoms with Crippen LogP contribution in [0.1, 0.15) is 478 Å². The molecule has 0 aromatic carbocycles. The molecule has 0 aliphatic carbocycles. The number of esters is 4. The first-order chi connectivity index (χ1) is 52.4. The highest BCUT2D eigenvalue weighted by atomic mass is 31.2. The zero-order chi connectivity index (χ0) is 79.2. The third-order valence-electron chi connectivity index (χ3n) is 21.0. The van der Waals surface area contributed by atoms with Crippen LogP contribution in [0.5, 0.6) is 0 Å². The summed E-state index contributed by atoms with van der Waals surface area (Å²) in [7, 11) is -9.93. The molecule has 0 bridgehead atoms. The quantitative estimate of drug-likeness (QED) is 0.0222. The van der Waals surface area contributed by atoms with Crippen LogP contribution in [0.2, 0.25) is 0 Å². The number of phosphoric acid groups is 2. The van der Waals surface area contributed by atoms with Gasteiger partial charge in [0.25, 0.3) is 0 Å². The molecule has 0 aromatic heterocycles. The molecule has 0 rings (SSSR count). The Morgan fingerprint density at radius 2 is 0.426 bits per heavy atom. The summed E-state index contributed by atoms with van der Waals surface area (Å²) in [6, 6.07) is 0. The van der Waals surface area contributed by atoms with Gasteiger partial charge in [0.15, 0.2) is 12.2 Å². The largest absolute Gasteiger partial charge is 0.472 e. The molecule has 0 amide bonds. The average molecular weight is 1580 g/mol. The van der Waals surface area contributed by atoms with E-state index in [1.807, 2.05) is 0 Å². The molecule has 642 valence electrons. The van der Waals surface area contributed by atoms with Gasteiger partial charge >= 0.3 is 39.5 Å². The second kappa shape index (κ2) is 80.3. The van der Waals surface area contributed by atoms with Crippen molar-refractivity contribution < 1.29 is 80.2 Å². The molecule has 0 spiro atoms. The van der Waals surface area contributed by atoms with Gasteiger partial charge in [-0.05, 0) is 37.5 Å². The predicted octanol–water partition coefficient (Wildman–Crippen LogP) is 27.4. The molecule has 0 heterocycles. The Hall–Kier alpha value is -1.94. The molecule has 0 radical (unpaired) electrons. The highest BCUT2D eigenvalue weighted by Crippen LogP contribution is 2.45. The number of carbonyl (C=O) groups is 4. The molecule has 0 aliphatic rings. The molecule has 0 saturated carbocycles. The van der Waals surface area contributed by atoms with Gasteiger partial charge in [-0.3, -0.25) is 37.3 Å². The topological polar surface area (TPSA) is 237 Å². The van der Waals surface area contributed by atoms with E-state index in [-0.39, 0.29) is 25.7 Å². The first-order valence-corrected chi connectivity index (χ1v) is 49.0. The van der Waals surface area contributed by atoms with Crippen molar-refractivity contribution in [1.82, 2.24) is 0 Å². The minimum absolute atomic E-state index is 0.107. The summed E-state index contributed by atoms with van der Waals surface area (Å²) in [5.41, 5.74) is 0. The Morgan fingerprint density at radius 1 is 0.250 bits per heavy atom. The summed E-state index contributed by atoms with van der Waals surface area (Å²) in [6.45, 7) is 9.67. The summed E-state index contributed by atoms with van der Waals surface area (Å²) in [5.74, 6) is -0.587.